The van der Waals surface area contributed by atoms with Crippen LogP contribution in [0.15, 0.2) is 18.2 Å². The van der Waals surface area contributed by atoms with Gasteiger partial charge in [0.15, 0.2) is 0 Å². The largest absolute Gasteiger partial charge is 0.508 e. The highest BCUT2D eigenvalue weighted by molar-refractivity contribution is 5.38. The molecule has 8 heteroatoms. The molecule has 5 aliphatic carbocycles. The van der Waals surface area contributed by atoms with Gasteiger partial charge in [-0.05, 0) is 100 Å². The van der Waals surface area contributed by atoms with Crippen LogP contribution in [0, 0.1) is 23.7 Å². The number of hydrogen-bond donors (Lipinski definition) is 1. The summed E-state index contributed by atoms with van der Waals surface area (Å²) in [5.41, 5.74) is 2.35. The lowest BCUT2D eigenvalue weighted by Crippen LogP contribution is -2.64. The van der Waals surface area contributed by atoms with Crippen molar-refractivity contribution in [1.82, 2.24) is 9.80 Å². The van der Waals surface area contributed by atoms with Gasteiger partial charge in [-0.2, -0.15) is 19.6 Å². The van der Waals surface area contributed by atoms with Crippen LogP contribution in [0.1, 0.15) is 87.7 Å². The highest BCUT2D eigenvalue weighted by Crippen LogP contribution is 2.62. The van der Waals surface area contributed by atoms with Crippen LogP contribution >= 0.6 is 0 Å². The molecule has 1 aromatic carbocycles. The molecule has 3 aliphatic heterocycles. The fourth-order valence-corrected chi connectivity index (χ4v) is 9.59. The maximum Gasteiger partial charge on any atom is 0.239 e. The summed E-state index contributed by atoms with van der Waals surface area (Å²) in [5.74, 6) is 1.83. The van der Waals surface area contributed by atoms with Crippen molar-refractivity contribution in [3.05, 3.63) is 29.3 Å². The molecular weight excluding hydrogens is 508 g/mol. The van der Waals surface area contributed by atoms with E-state index in [9.17, 15) is 5.11 Å². The van der Waals surface area contributed by atoms with E-state index >= 15 is 0 Å². The van der Waals surface area contributed by atoms with E-state index in [2.05, 4.69) is 21.9 Å². The van der Waals surface area contributed by atoms with E-state index in [1.165, 1.54) is 50.5 Å². The number of likely N-dealkylation sites (tertiary alicyclic amines) is 1. The van der Waals surface area contributed by atoms with E-state index in [1.54, 1.807) is 0 Å². The lowest BCUT2D eigenvalue weighted by Gasteiger charge is -2.60. The molecule has 220 valence electrons. The van der Waals surface area contributed by atoms with Crippen LogP contribution < -0.4 is 0 Å². The van der Waals surface area contributed by atoms with E-state index in [0.717, 1.165) is 89.0 Å². The first kappa shape index (κ1) is 26.4. The quantitative estimate of drug-likeness (QED) is 0.515. The van der Waals surface area contributed by atoms with Gasteiger partial charge in [0.1, 0.15) is 5.75 Å². The summed E-state index contributed by atoms with van der Waals surface area (Å²) < 4.78 is 5.53. The Morgan fingerprint density at radius 3 is 2.08 bits per heavy atom. The number of piperidine rings is 1. The third-order valence-electron chi connectivity index (χ3n) is 11.8. The lowest BCUT2D eigenvalue weighted by atomic mass is 9.53. The summed E-state index contributed by atoms with van der Waals surface area (Å²) in [6.07, 6.45) is 11.9. The number of phenols is 1. The van der Waals surface area contributed by atoms with Crippen molar-refractivity contribution < 1.29 is 29.4 Å². The van der Waals surface area contributed by atoms with Gasteiger partial charge in [0, 0.05) is 55.9 Å². The molecule has 2 spiro atoms. The number of hydrogen-bond acceptors (Lipinski definition) is 8. The average molecular weight is 555 g/mol. The van der Waals surface area contributed by atoms with E-state index in [-0.39, 0.29) is 0 Å². The maximum atomic E-state index is 10.7. The molecule has 9 rings (SSSR count). The second-order valence-corrected chi connectivity index (χ2v) is 14.1. The van der Waals surface area contributed by atoms with Gasteiger partial charge in [-0.3, -0.25) is 9.80 Å². The van der Waals surface area contributed by atoms with Gasteiger partial charge >= 0.3 is 0 Å². The van der Waals surface area contributed by atoms with Crippen LogP contribution in [-0.2, 0) is 30.8 Å². The van der Waals surface area contributed by atoms with Crippen molar-refractivity contribution in [2.75, 3.05) is 39.4 Å². The van der Waals surface area contributed by atoms with Crippen LogP contribution in [0.25, 0.3) is 0 Å². The van der Waals surface area contributed by atoms with E-state index in [4.69, 9.17) is 24.3 Å². The van der Waals surface area contributed by atoms with Crippen molar-refractivity contribution in [2.24, 2.45) is 23.7 Å². The molecule has 8 fully saturated rings. The Balaban J connectivity index is 0.861. The fraction of sp³-hybridized carbons (Fsp3) is 0.812. The SMILES string of the molecule is Oc1ccc(C2CCC3(CC2)OOC2(OO3)C3CC4CC(C3)CC2C4)cc1CN1CCC(N2CCOCC2)CC1. The van der Waals surface area contributed by atoms with Crippen molar-refractivity contribution in [2.45, 2.75) is 101 Å². The number of rotatable bonds is 4. The van der Waals surface area contributed by atoms with Gasteiger partial charge in [0.2, 0.25) is 11.6 Å². The molecule has 3 saturated heterocycles. The number of ether oxygens (including phenoxy) is 1. The molecule has 40 heavy (non-hydrogen) atoms. The third-order valence-corrected chi connectivity index (χ3v) is 11.8. The summed E-state index contributed by atoms with van der Waals surface area (Å²) >= 11 is 0. The molecule has 1 N–H and O–H groups in total. The molecule has 0 atom stereocenters. The zero-order valence-electron chi connectivity index (χ0n) is 23.8. The smallest absolute Gasteiger partial charge is 0.239 e. The summed E-state index contributed by atoms with van der Waals surface area (Å²) in [6.45, 7) is 6.83. The molecule has 3 heterocycles. The summed E-state index contributed by atoms with van der Waals surface area (Å²) in [5, 5.41) is 10.7. The first-order valence-electron chi connectivity index (χ1n) is 16.2. The third kappa shape index (κ3) is 4.72. The Morgan fingerprint density at radius 2 is 1.43 bits per heavy atom. The number of morpholine rings is 1. The minimum atomic E-state index is -0.791. The van der Waals surface area contributed by atoms with Crippen molar-refractivity contribution in [1.29, 1.82) is 0 Å². The fourth-order valence-electron chi connectivity index (χ4n) is 9.59. The maximum absolute atomic E-state index is 10.7. The number of phenolic OH excluding ortho intramolecular Hbond substituents is 1. The molecule has 8 aliphatic rings. The van der Waals surface area contributed by atoms with Gasteiger partial charge in [-0.15, -0.1) is 0 Å². The second-order valence-electron chi connectivity index (χ2n) is 14.1. The average Bonchev–Trinajstić information content (AvgIpc) is 2.99. The Kier molecular flexibility index (Phi) is 6.91. The first-order chi connectivity index (χ1) is 19.6. The highest BCUT2D eigenvalue weighted by atomic mass is 17.4. The molecular formula is C32H46N2O6. The lowest BCUT2D eigenvalue weighted by molar-refractivity contribution is -0.680. The van der Waals surface area contributed by atoms with Gasteiger partial charge in [0.05, 0.1) is 13.2 Å². The molecule has 8 nitrogen and oxygen atoms in total. The van der Waals surface area contributed by atoms with Gasteiger partial charge < -0.3 is 9.84 Å². The normalized spacial score (nSPS) is 42.6. The van der Waals surface area contributed by atoms with Crippen LogP contribution in [0.3, 0.4) is 0 Å². The van der Waals surface area contributed by atoms with Crippen molar-refractivity contribution in [3.8, 4) is 5.75 Å². The van der Waals surface area contributed by atoms with E-state index in [1.807, 2.05) is 6.07 Å². The Bertz CT molecular complexity index is 1020. The second kappa shape index (κ2) is 10.5. The molecule has 1 aromatic rings. The Hall–Kier alpha value is -1.26. The van der Waals surface area contributed by atoms with Gasteiger partial charge in [0.25, 0.3) is 0 Å². The van der Waals surface area contributed by atoms with Crippen LogP contribution in [0.2, 0.25) is 0 Å². The van der Waals surface area contributed by atoms with Crippen molar-refractivity contribution in [3.63, 3.8) is 0 Å². The Labute approximate surface area is 238 Å². The molecule has 0 unspecified atom stereocenters. The summed E-state index contributed by atoms with van der Waals surface area (Å²) in [4.78, 5) is 29.9. The standard InChI is InChI=1S/C32H46N2O6/c35-30-2-1-25(20-26(30)21-33-9-5-29(6-10-33)34-11-13-36-14-12-34)24-3-7-31(8-4-24)37-39-32(40-38-31)27-16-22-15-23(18-27)19-28(32)17-22/h1-2,20,22-24,27-29,35H,3-19,21H2. The van der Waals surface area contributed by atoms with Crippen LogP contribution in [0.4, 0.5) is 0 Å². The van der Waals surface area contributed by atoms with Crippen LogP contribution in [0.5, 0.6) is 5.75 Å². The molecule has 4 bridgehead atoms. The minimum absolute atomic E-state index is 0.401. The predicted molar refractivity (Wildman–Crippen MR) is 147 cm³/mol. The predicted octanol–water partition coefficient (Wildman–Crippen LogP) is 5.11. The molecule has 0 radical (unpaired) electrons. The van der Waals surface area contributed by atoms with Crippen LogP contribution in [-0.4, -0.2) is 71.9 Å². The molecule has 5 saturated carbocycles. The number of benzene rings is 1. The minimum Gasteiger partial charge on any atom is -0.508 e. The monoisotopic (exact) mass is 554 g/mol. The zero-order chi connectivity index (χ0) is 26.7. The number of aromatic hydroxyl groups is 1. The topological polar surface area (TPSA) is 72.9 Å². The summed E-state index contributed by atoms with van der Waals surface area (Å²) in [7, 11) is 0. The van der Waals surface area contributed by atoms with Crippen molar-refractivity contribution >= 4 is 0 Å². The Morgan fingerprint density at radius 1 is 0.775 bits per heavy atom. The van der Waals surface area contributed by atoms with E-state index < -0.39 is 11.6 Å². The number of nitrogens with zero attached hydrogens (tertiary/aromatic N) is 2. The summed E-state index contributed by atoms with van der Waals surface area (Å²) in [6, 6.07) is 6.91. The van der Waals surface area contributed by atoms with Gasteiger partial charge in [-0.1, -0.05) is 12.1 Å². The highest BCUT2D eigenvalue weighted by Gasteiger charge is 2.64. The van der Waals surface area contributed by atoms with Gasteiger partial charge in [-0.25, -0.2) is 0 Å². The van der Waals surface area contributed by atoms with E-state index in [0.29, 0.717) is 29.5 Å². The zero-order valence-corrected chi connectivity index (χ0v) is 23.8. The first-order valence-corrected chi connectivity index (χ1v) is 16.2. The molecule has 0 amide bonds. The molecule has 0 aromatic heterocycles.